The molecule has 0 saturated carbocycles. The molecule has 0 aliphatic carbocycles. The first-order valence-electron chi connectivity index (χ1n) is 12.5. The number of unbranched alkanes of at least 4 members (excludes halogenated alkanes) is 4. The van der Waals surface area contributed by atoms with Gasteiger partial charge >= 0.3 is 7.67 Å². The minimum atomic E-state index is -3.01. The van der Waals surface area contributed by atoms with Crippen molar-refractivity contribution in [1.29, 1.82) is 0 Å². The Morgan fingerprint density at radius 2 is 1.55 bits per heavy atom. The SMILES string of the molecule is CN(C)P(=O)(Oc1cccc(CCCCCCCC2SC2CC2SC2CC2CS2)c1)N(C)C. The van der Waals surface area contributed by atoms with Gasteiger partial charge in [0.15, 0.2) is 0 Å². The summed E-state index contributed by atoms with van der Waals surface area (Å²) in [6.07, 6.45) is 12.1. The lowest BCUT2D eigenvalue weighted by atomic mass is 10.0. The Kier molecular flexibility index (Phi) is 9.54. The minimum Gasteiger partial charge on any atom is -0.422 e. The van der Waals surface area contributed by atoms with Gasteiger partial charge in [-0.2, -0.15) is 35.3 Å². The highest BCUT2D eigenvalue weighted by Crippen LogP contribution is 2.57. The Morgan fingerprint density at radius 3 is 2.27 bits per heavy atom. The number of thioether (sulfide) groups is 3. The number of hydrogen-bond donors (Lipinski definition) is 0. The summed E-state index contributed by atoms with van der Waals surface area (Å²) >= 11 is 6.68. The summed E-state index contributed by atoms with van der Waals surface area (Å²) in [5, 5.41) is 5.02. The van der Waals surface area contributed by atoms with Crippen LogP contribution < -0.4 is 4.52 Å². The molecule has 0 aromatic heterocycles. The summed E-state index contributed by atoms with van der Waals surface area (Å²) in [5.74, 6) is 2.12. The fourth-order valence-corrected chi connectivity index (χ4v) is 9.31. The lowest BCUT2D eigenvalue weighted by molar-refractivity contribution is 0.354. The molecule has 186 valence electrons. The molecule has 5 unspecified atom stereocenters. The fourth-order valence-electron chi connectivity index (χ4n) is 4.55. The molecule has 33 heavy (non-hydrogen) atoms. The molecule has 5 atom stereocenters. The van der Waals surface area contributed by atoms with Crippen molar-refractivity contribution >= 4 is 43.0 Å². The van der Waals surface area contributed by atoms with Gasteiger partial charge in [0.05, 0.1) is 0 Å². The smallest absolute Gasteiger partial charge is 0.394 e. The minimum absolute atomic E-state index is 0.692. The summed E-state index contributed by atoms with van der Waals surface area (Å²) in [6, 6.07) is 8.12. The van der Waals surface area contributed by atoms with Crippen LogP contribution in [0.3, 0.4) is 0 Å². The van der Waals surface area contributed by atoms with Crippen LogP contribution in [0.15, 0.2) is 24.3 Å². The van der Waals surface area contributed by atoms with Crippen LogP contribution in [-0.2, 0) is 11.0 Å². The van der Waals surface area contributed by atoms with E-state index in [-0.39, 0.29) is 0 Å². The topological polar surface area (TPSA) is 32.8 Å². The molecule has 0 spiro atoms. The predicted octanol–water partition coefficient (Wildman–Crippen LogP) is 7.04. The normalized spacial score (nSPS) is 28.4. The van der Waals surface area contributed by atoms with E-state index in [1.807, 2.05) is 12.1 Å². The van der Waals surface area contributed by atoms with Crippen LogP contribution in [0.5, 0.6) is 5.75 Å². The van der Waals surface area contributed by atoms with Crippen molar-refractivity contribution in [2.45, 2.75) is 84.0 Å². The summed E-state index contributed by atoms with van der Waals surface area (Å²) in [4.78, 5) is 0. The van der Waals surface area contributed by atoms with E-state index in [4.69, 9.17) is 4.52 Å². The number of hydrogen-bond acceptors (Lipinski definition) is 5. The van der Waals surface area contributed by atoms with Gasteiger partial charge in [-0.3, -0.25) is 0 Å². The fraction of sp³-hybridized carbons (Fsp3) is 0.760. The third-order valence-corrected chi connectivity index (χ3v) is 13.2. The van der Waals surface area contributed by atoms with E-state index < -0.39 is 7.67 Å². The quantitative estimate of drug-likeness (QED) is 0.129. The third-order valence-electron chi connectivity index (χ3n) is 6.83. The Balaban J connectivity index is 1.04. The van der Waals surface area contributed by atoms with Gasteiger partial charge in [0, 0.05) is 32.0 Å². The maximum absolute atomic E-state index is 13.1. The second-order valence-corrected chi connectivity index (χ2v) is 17.1. The van der Waals surface area contributed by atoms with Crippen molar-refractivity contribution in [3.05, 3.63) is 29.8 Å². The second kappa shape index (κ2) is 12.0. The van der Waals surface area contributed by atoms with Crippen LogP contribution >= 0.6 is 43.0 Å². The van der Waals surface area contributed by atoms with E-state index in [0.29, 0.717) is 5.75 Å². The third kappa shape index (κ3) is 8.11. The van der Waals surface area contributed by atoms with Gasteiger partial charge < -0.3 is 4.52 Å². The van der Waals surface area contributed by atoms with Gasteiger partial charge in [-0.1, -0.05) is 37.8 Å². The Bertz CT molecular complexity index is 809. The summed E-state index contributed by atoms with van der Waals surface area (Å²) in [6.45, 7) is 0. The molecule has 3 saturated heterocycles. The molecule has 0 bridgehead atoms. The lowest BCUT2D eigenvalue weighted by Gasteiger charge is -2.29. The van der Waals surface area contributed by atoms with Gasteiger partial charge in [0.2, 0.25) is 0 Å². The first-order chi connectivity index (χ1) is 15.8. The van der Waals surface area contributed by atoms with Gasteiger partial charge in [-0.25, -0.2) is 13.9 Å². The molecule has 3 heterocycles. The molecule has 4 rings (SSSR count). The Morgan fingerprint density at radius 1 is 0.909 bits per heavy atom. The monoisotopic (exact) mass is 528 g/mol. The number of aryl methyl sites for hydroxylation is 1. The van der Waals surface area contributed by atoms with Crippen LogP contribution in [0.1, 0.15) is 56.9 Å². The zero-order valence-electron chi connectivity index (χ0n) is 20.7. The number of nitrogens with zero attached hydrogens (tertiary/aromatic N) is 2. The zero-order valence-corrected chi connectivity index (χ0v) is 24.0. The summed E-state index contributed by atoms with van der Waals surface area (Å²) in [7, 11) is 4.18. The van der Waals surface area contributed by atoms with Crippen molar-refractivity contribution in [3.63, 3.8) is 0 Å². The van der Waals surface area contributed by atoms with Crippen molar-refractivity contribution in [2.75, 3.05) is 33.9 Å². The number of rotatable bonds is 16. The average molecular weight is 529 g/mol. The highest BCUT2D eigenvalue weighted by atomic mass is 32.2. The molecule has 0 N–H and O–H groups in total. The van der Waals surface area contributed by atoms with E-state index in [1.165, 1.54) is 62.7 Å². The number of benzene rings is 1. The molecule has 8 heteroatoms. The van der Waals surface area contributed by atoms with Gasteiger partial charge in [0.25, 0.3) is 0 Å². The Labute approximate surface area is 214 Å². The summed E-state index contributed by atoms with van der Waals surface area (Å²) in [5.41, 5.74) is 1.27. The van der Waals surface area contributed by atoms with E-state index in [9.17, 15) is 4.57 Å². The van der Waals surface area contributed by atoms with E-state index >= 15 is 0 Å². The van der Waals surface area contributed by atoms with Crippen LogP contribution in [0.2, 0.25) is 0 Å². The second-order valence-electron chi connectivity index (χ2n) is 10.1. The van der Waals surface area contributed by atoms with Gasteiger partial charge in [-0.05, 0) is 78.0 Å². The molecule has 1 aromatic carbocycles. The van der Waals surface area contributed by atoms with Crippen molar-refractivity contribution in [3.8, 4) is 5.75 Å². The highest BCUT2D eigenvalue weighted by molar-refractivity contribution is 8.09. The standard InChI is InChI=1S/C25H41N2O2PS3/c1-26(2)30(28,27(3)4)29-20-13-10-12-19(15-20)11-8-6-5-7-9-14-22-24(32-22)17-25-23(33-25)16-21-18-31-21/h10,12-13,15,21-25H,5-9,11,14,16-18H2,1-4H3. The molecular formula is C25H41N2O2PS3. The van der Waals surface area contributed by atoms with Crippen LogP contribution in [0.4, 0.5) is 0 Å². The molecule has 3 aliphatic rings. The molecule has 1 aromatic rings. The predicted molar refractivity (Wildman–Crippen MR) is 149 cm³/mol. The molecule has 4 nitrogen and oxygen atoms in total. The molecule has 3 fully saturated rings. The van der Waals surface area contributed by atoms with Crippen molar-refractivity contribution in [1.82, 2.24) is 9.34 Å². The largest absolute Gasteiger partial charge is 0.422 e. The van der Waals surface area contributed by atoms with Crippen molar-refractivity contribution in [2.24, 2.45) is 0 Å². The lowest BCUT2D eigenvalue weighted by Crippen LogP contribution is -2.24. The molecule has 3 aliphatic heterocycles. The maximum Gasteiger partial charge on any atom is 0.394 e. The van der Waals surface area contributed by atoms with Gasteiger partial charge in [0.1, 0.15) is 5.75 Å². The van der Waals surface area contributed by atoms with E-state index in [2.05, 4.69) is 47.4 Å². The Hall–Kier alpha value is 0.220. The first kappa shape index (κ1) is 26.3. The zero-order chi connectivity index (χ0) is 23.4. The summed E-state index contributed by atoms with van der Waals surface area (Å²) < 4.78 is 22.3. The van der Waals surface area contributed by atoms with E-state index in [1.54, 1.807) is 37.5 Å². The highest BCUT2D eigenvalue weighted by Gasteiger charge is 2.48. The molecule has 0 radical (unpaired) electrons. The van der Waals surface area contributed by atoms with Crippen LogP contribution in [0, 0.1) is 0 Å². The van der Waals surface area contributed by atoms with Gasteiger partial charge in [-0.15, -0.1) is 0 Å². The maximum atomic E-state index is 13.1. The van der Waals surface area contributed by atoms with Crippen LogP contribution in [0.25, 0.3) is 0 Å². The molecule has 0 amide bonds. The molecular weight excluding hydrogens is 487 g/mol. The van der Waals surface area contributed by atoms with Crippen molar-refractivity contribution < 1.29 is 9.09 Å². The average Bonchev–Trinajstić information content (AvgIpc) is 3.66. The first-order valence-corrected chi connectivity index (χ1v) is 17.0. The van der Waals surface area contributed by atoms with Crippen LogP contribution in [-0.4, -0.2) is 69.5 Å². The van der Waals surface area contributed by atoms with E-state index in [0.717, 1.165) is 32.7 Å².